The standard InChI is InChI=1S/C11H25NO/c1-5-10(3)11(12-4)8-7-9-13-6-2/h10-12H,5-9H2,1-4H3. The predicted molar refractivity (Wildman–Crippen MR) is 58.0 cm³/mol. The van der Waals surface area contributed by atoms with Crippen molar-refractivity contribution in [3.05, 3.63) is 0 Å². The van der Waals surface area contributed by atoms with E-state index in [9.17, 15) is 0 Å². The van der Waals surface area contributed by atoms with Crippen molar-refractivity contribution >= 4 is 0 Å². The molecule has 0 aliphatic heterocycles. The summed E-state index contributed by atoms with van der Waals surface area (Å²) in [5, 5.41) is 3.37. The van der Waals surface area contributed by atoms with Gasteiger partial charge in [0.05, 0.1) is 0 Å². The van der Waals surface area contributed by atoms with E-state index >= 15 is 0 Å². The lowest BCUT2D eigenvalue weighted by molar-refractivity contribution is 0.138. The summed E-state index contributed by atoms with van der Waals surface area (Å²) in [5.41, 5.74) is 0. The highest BCUT2D eigenvalue weighted by Gasteiger charge is 2.12. The molecule has 0 radical (unpaired) electrons. The largest absolute Gasteiger partial charge is 0.382 e. The van der Waals surface area contributed by atoms with Crippen LogP contribution in [-0.2, 0) is 4.74 Å². The third-order valence-electron chi connectivity index (χ3n) is 2.71. The summed E-state index contributed by atoms with van der Waals surface area (Å²) in [5.74, 6) is 0.770. The normalized spacial score (nSPS) is 15.7. The van der Waals surface area contributed by atoms with Crippen LogP contribution in [0, 0.1) is 5.92 Å². The van der Waals surface area contributed by atoms with Crippen molar-refractivity contribution in [3.8, 4) is 0 Å². The van der Waals surface area contributed by atoms with Gasteiger partial charge in [0.15, 0.2) is 0 Å². The van der Waals surface area contributed by atoms with Gasteiger partial charge < -0.3 is 10.1 Å². The lowest BCUT2D eigenvalue weighted by atomic mass is 9.95. The first kappa shape index (κ1) is 12.9. The Morgan fingerprint density at radius 3 is 2.46 bits per heavy atom. The van der Waals surface area contributed by atoms with Crippen LogP contribution in [0.5, 0.6) is 0 Å². The molecule has 2 heteroatoms. The molecule has 1 N–H and O–H groups in total. The number of ether oxygens (including phenoxy) is 1. The molecule has 2 unspecified atom stereocenters. The summed E-state index contributed by atoms with van der Waals surface area (Å²) < 4.78 is 5.31. The first-order valence-electron chi connectivity index (χ1n) is 5.51. The Bertz CT molecular complexity index is 106. The Labute approximate surface area is 83.1 Å². The topological polar surface area (TPSA) is 21.3 Å². The van der Waals surface area contributed by atoms with Gasteiger partial charge in [0.25, 0.3) is 0 Å². The van der Waals surface area contributed by atoms with Crippen LogP contribution in [-0.4, -0.2) is 26.3 Å². The molecule has 0 bridgehead atoms. The molecule has 0 aromatic carbocycles. The lowest BCUT2D eigenvalue weighted by Gasteiger charge is -2.22. The molecule has 0 fully saturated rings. The highest BCUT2D eigenvalue weighted by molar-refractivity contribution is 4.70. The number of nitrogens with one attached hydrogen (secondary N) is 1. The first-order chi connectivity index (χ1) is 6.26. The minimum Gasteiger partial charge on any atom is -0.382 e. The Kier molecular flexibility index (Phi) is 8.46. The van der Waals surface area contributed by atoms with Crippen molar-refractivity contribution < 1.29 is 4.74 Å². The molecule has 2 atom stereocenters. The molecular weight excluding hydrogens is 162 g/mol. The second-order valence-electron chi connectivity index (χ2n) is 3.62. The molecule has 0 aliphatic carbocycles. The molecule has 0 spiro atoms. The van der Waals surface area contributed by atoms with Crippen LogP contribution >= 0.6 is 0 Å². The minimum atomic E-state index is 0.658. The van der Waals surface area contributed by atoms with Gasteiger partial charge in [-0.25, -0.2) is 0 Å². The highest BCUT2D eigenvalue weighted by atomic mass is 16.5. The highest BCUT2D eigenvalue weighted by Crippen LogP contribution is 2.12. The van der Waals surface area contributed by atoms with Crippen molar-refractivity contribution in [2.45, 2.75) is 46.1 Å². The van der Waals surface area contributed by atoms with Gasteiger partial charge in [-0.15, -0.1) is 0 Å². The van der Waals surface area contributed by atoms with Crippen molar-refractivity contribution in [2.24, 2.45) is 5.92 Å². The van der Waals surface area contributed by atoms with Crippen LogP contribution in [0.2, 0.25) is 0 Å². The summed E-state index contributed by atoms with van der Waals surface area (Å²) in [6.07, 6.45) is 3.65. The summed E-state index contributed by atoms with van der Waals surface area (Å²) in [6.45, 7) is 8.35. The average molecular weight is 187 g/mol. The van der Waals surface area contributed by atoms with Crippen LogP contribution in [0.15, 0.2) is 0 Å². The Balaban J connectivity index is 3.47. The van der Waals surface area contributed by atoms with E-state index in [1.165, 1.54) is 19.3 Å². The fourth-order valence-corrected chi connectivity index (χ4v) is 1.55. The number of hydrogen-bond donors (Lipinski definition) is 1. The van der Waals surface area contributed by atoms with Crippen molar-refractivity contribution in [1.29, 1.82) is 0 Å². The Hall–Kier alpha value is -0.0800. The maximum absolute atomic E-state index is 5.31. The van der Waals surface area contributed by atoms with Crippen LogP contribution in [0.25, 0.3) is 0 Å². The first-order valence-corrected chi connectivity index (χ1v) is 5.51. The molecule has 0 saturated carbocycles. The van der Waals surface area contributed by atoms with E-state index < -0.39 is 0 Å². The molecule has 13 heavy (non-hydrogen) atoms. The molecule has 0 heterocycles. The number of hydrogen-bond acceptors (Lipinski definition) is 2. The third-order valence-corrected chi connectivity index (χ3v) is 2.71. The van der Waals surface area contributed by atoms with Crippen LogP contribution in [0.4, 0.5) is 0 Å². The second kappa shape index (κ2) is 8.52. The van der Waals surface area contributed by atoms with E-state index in [2.05, 4.69) is 26.2 Å². The predicted octanol–water partition coefficient (Wildman–Crippen LogP) is 2.44. The lowest BCUT2D eigenvalue weighted by Crippen LogP contribution is -2.31. The molecule has 0 aromatic heterocycles. The van der Waals surface area contributed by atoms with Gasteiger partial charge in [-0.05, 0) is 32.7 Å². The summed E-state index contributed by atoms with van der Waals surface area (Å²) >= 11 is 0. The molecule has 2 nitrogen and oxygen atoms in total. The quantitative estimate of drug-likeness (QED) is 0.589. The van der Waals surface area contributed by atoms with E-state index in [1.807, 2.05) is 6.92 Å². The van der Waals surface area contributed by atoms with Gasteiger partial charge in [-0.1, -0.05) is 20.3 Å². The van der Waals surface area contributed by atoms with Gasteiger partial charge in [0, 0.05) is 19.3 Å². The van der Waals surface area contributed by atoms with E-state index in [0.29, 0.717) is 6.04 Å². The van der Waals surface area contributed by atoms with Gasteiger partial charge >= 0.3 is 0 Å². The zero-order valence-corrected chi connectivity index (χ0v) is 9.60. The zero-order valence-electron chi connectivity index (χ0n) is 9.60. The van der Waals surface area contributed by atoms with E-state index in [0.717, 1.165) is 19.1 Å². The van der Waals surface area contributed by atoms with Gasteiger partial charge in [0.2, 0.25) is 0 Å². The molecule has 0 aromatic rings. The van der Waals surface area contributed by atoms with Crippen molar-refractivity contribution in [3.63, 3.8) is 0 Å². The molecule has 0 rings (SSSR count). The fraction of sp³-hybridized carbons (Fsp3) is 1.00. The second-order valence-corrected chi connectivity index (χ2v) is 3.62. The van der Waals surface area contributed by atoms with Gasteiger partial charge in [-0.2, -0.15) is 0 Å². The molecule has 0 amide bonds. The van der Waals surface area contributed by atoms with E-state index in [4.69, 9.17) is 4.74 Å². The zero-order chi connectivity index (χ0) is 10.1. The fourth-order valence-electron chi connectivity index (χ4n) is 1.55. The Morgan fingerprint density at radius 1 is 1.31 bits per heavy atom. The Morgan fingerprint density at radius 2 is 2.00 bits per heavy atom. The summed E-state index contributed by atoms with van der Waals surface area (Å²) in [4.78, 5) is 0. The van der Waals surface area contributed by atoms with Crippen molar-refractivity contribution in [2.75, 3.05) is 20.3 Å². The van der Waals surface area contributed by atoms with Crippen LogP contribution in [0.3, 0.4) is 0 Å². The molecule has 0 saturated heterocycles. The summed E-state index contributed by atoms with van der Waals surface area (Å²) in [7, 11) is 2.05. The van der Waals surface area contributed by atoms with Gasteiger partial charge in [0.1, 0.15) is 0 Å². The third kappa shape index (κ3) is 6.05. The summed E-state index contributed by atoms with van der Waals surface area (Å²) in [6, 6.07) is 0.658. The maximum atomic E-state index is 5.31. The number of rotatable bonds is 8. The van der Waals surface area contributed by atoms with E-state index in [-0.39, 0.29) is 0 Å². The average Bonchev–Trinajstić information content (AvgIpc) is 2.17. The van der Waals surface area contributed by atoms with Crippen LogP contribution < -0.4 is 5.32 Å². The van der Waals surface area contributed by atoms with Crippen LogP contribution in [0.1, 0.15) is 40.0 Å². The smallest absolute Gasteiger partial charge is 0.0466 e. The van der Waals surface area contributed by atoms with E-state index in [1.54, 1.807) is 0 Å². The molecule has 0 aliphatic rings. The molecule has 80 valence electrons. The van der Waals surface area contributed by atoms with Crippen molar-refractivity contribution in [1.82, 2.24) is 5.32 Å². The molecular formula is C11H25NO. The monoisotopic (exact) mass is 187 g/mol. The maximum Gasteiger partial charge on any atom is 0.0466 e. The SMILES string of the molecule is CCOCCCC(NC)C(C)CC. The minimum absolute atomic E-state index is 0.658. The van der Waals surface area contributed by atoms with Gasteiger partial charge in [-0.3, -0.25) is 0 Å².